The van der Waals surface area contributed by atoms with Gasteiger partial charge in [-0.05, 0) is 30.9 Å². The van der Waals surface area contributed by atoms with Crippen molar-refractivity contribution in [2.75, 3.05) is 12.8 Å². The van der Waals surface area contributed by atoms with E-state index in [4.69, 9.17) is 22.1 Å². The summed E-state index contributed by atoms with van der Waals surface area (Å²) >= 11 is 6.10. The first-order chi connectivity index (χ1) is 13.0. The van der Waals surface area contributed by atoms with Crippen molar-refractivity contribution in [3.8, 4) is 5.75 Å². The number of benzene rings is 2. The van der Waals surface area contributed by atoms with Gasteiger partial charge in [-0.1, -0.05) is 48.9 Å². The predicted octanol–water partition coefficient (Wildman–Crippen LogP) is 3.93. The zero-order chi connectivity index (χ0) is 19.4. The molecular formula is C21H26ClN3O2. The number of nitrogen functional groups attached to an aromatic ring is 1. The lowest BCUT2D eigenvalue weighted by Gasteiger charge is -2.25. The molecule has 144 valence electrons. The van der Waals surface area contributed by atoms with Crippen LogP contribution in [0.4, 0.5) is 5.69 Å². The summed E-state index contributed by atoms with van der Waals surface area (Å²) in [6.45, 7) is 2.08. The third kappa shape index (κ3) is 4.37. The molecule has 4 N–H and O–H groups in total. The zero-order valence-corrected chi connectivity index (χ0v) is 16.4. The Bertz CT molecular complexity index is 798. The molecule has 3 rings (SSSR count). The van der Waals surface area contributed by atoms with Crippen LogP contribution in [0.2, 0.25) is 5.02 Å². The Kier molecular flexibility index (Phi) is 6.24. The summed E-state index contributed by atoms with van der Waals surface area (Å²) in [6.07, 6.45) is 2.89. The molecule has 1 amide bonds. The van der Waals surface area contributed by atoms with E-state index in [0.29, 0.717) is 28.1 Å². The van der Waals surface area contributed by atoms with Crippen LogP contribution >= 0.6 is 11.6 Å². The smallest absolute Gasteiger partial charge is 0.255 e. The third-order valence-electron chi connectivity index (χ3n) is 5.19. The standard InChI is InChI=1S/C21H26ClN3O2/c1-3-17(19-10-9-18(24-19)13-7-5-4-6-8-13)25-21(26)14-11-15(22)16(23)12-20(14)27-2/h4-8,11-12,17-19,24H,3,9-10,23H2,1-2H3,(H,25,26). The Balaban J connectivity index is 1.71. The molecule has 0 radical (unpaired) electrons. The molecule has 6 heteroatoms. The van der Waals surface area contributed by atoms with Crippen LogP contribution in [0.15, 0.2) is 42.5 Å². The molecule has 3 atom stereocenters. The van der Waals surface area contributed by atoms with Crippen molar-refractivity contribution in [2.45, 2.75) is 44.3 Å². The number of methoxy groups -OCH3 is 1. The van der Waals surface area contributed by atoms with Gasteiger partial charge in [-0.15, -0.1) is 0 Å². The number of nitrogens with one attached hydrogen (secondary N) is 2. The molecule has 5 nitrogen and oxygen atoms in total. The van der Waals surface area contributed by atoms with Crippen molar-refractivity contribution in [3.05, 3.63) is 58.6 Å². The minimum atomic E-state index is -0.203. The highest BCUT2D eigenvalue weighted by Gasteiger charge is 2.31. The van der Waals surface area contributed by atoms with Gasteiger partial charge in [-0.3, -0.25) is 4.79 Å². The topological polar surface area (TPSA) is 76.4 Å². The monoisotopic (exact) mass is 387 g/mol. The Hall–Kier alpha value is -2.24. The van der Waals surface area contributed by atoms with Gasteiger partial charge in [0.15, 0.2) is 0 Å². The van der Waals surface area contributed by atoms with Gasteiger partial charge in [0.25, 0.3) is 5.91 Å². The predicted molar refractivity (Wildman–Crippen MR) is 109 cm³/mol. The van der Waals surface area contributed by atoms with Crippen molar-refractivity contribution in [2.24, 2.45) is 0 Å². The number of hydrogen-bond donors (Lipinski definition) is 3. The summed E-state index contributed by atoms with van der Waals surface area (Å²) in [7, 11) is 1.51. The molecule has 3 unspecified atom stereocenters. The second kappa shape index (κ2) is 8.63. The van der Waals surface area contributed by atoms with Gasteiger partial charge in [-0.25, -0.2) is 0 Å². The van der Waals surface area contributed by atoms with Gasteiger partial charge in [-0.2, -0.15) is 0 Å². The van der Waals surface area contributed by atoms with E-state index in [2.05, 4.69) is 41.8 Å². The fraction of sp³-hybridized carbons (Fsp3) is 0.381. The summed E-state index contributed by atoms with van der Waals surface area (Å²) < 4.78 is 5.30. The molecule has 0 spiro atoms. The van der Waals surface area contributed by atoms with E-state index in [1.54, 1.807) is 12.1 Å². The molecule has 2 aromatic carbocycles. The number of rotatable bonds is 6. The van der Waals surface area contributed by atoms with Gasteiger partial charge in [0.2, 0.25) is 0 Å². The minimum absolute atomic E-state index is 0.0206. The number of carbonyl (C=O) groups is 1. The van der Waals surface area contributed by atoms with Crippen LogP contribution in [0.3, 0.4) is 0 Å². The Labute approximate surface area is 165 Å². The van der Waals surface area contributed by atoms with Crippen molar-refractivity contribution >= 4 is 23.2 Å². The van der Waals surface area contributed by atoms with Crippen LogP contribution < -0.4 is 21.1 Å². The molecule has 0 aliphatic carbocycles. The average Bonchev–Trinajstić information content (AvgIpc) is 3.18. The molecule has 1 heterocycles. The van der Waals surface area contributed by atoms with E-state index >= 15 is 0 Å². The molecule has 1 aliphatic rings. The second-order valence-electron chi connectivity index (χ2n) is 6.88. The number of carbonyl (C=O) groups excluding carboxylic acids is 1. The van der Waals surface area contributed by atoms with Crippen molar-refractivity contribution in [3.63, 3.8) is 0 Å². The molecular weight excluding hydrogens is 362 g/mol. The normalized spacial score (nSPS) is 20.3. The highest BCUT2D eigenvalue weighted by molar-refractivity contribution is 6.33. The lowest BCUT2D eigenvalue weighted by atomic mass is 10.0. The average molecular weight is 388 g/mol. The highest BCUT2D eigenvalue weighted by atomic mass is 35.5. The molecule has 1 saturated heterocycles. The molecule has 0 saturated carbocycles. The van der Waals surface area contributed by atoms with E-state index in [0.717, 1.165) is 19.3 Å². The Morgan fingerprint density at radius 2 is 2.07 bits per heavy atom. The van der Waals surface area contributed by atoms with Crippen LogP contribution in [0.25, 0.3) is 0 Å². The Morgan fingerprint density at radius 1 is 1.33 bits per heavy atom. The number of ether oxygens (including phenoxy) is 1. The first-order valence-electron chi connectivity index (χ1n) is 9.28. The maximum absolute atomic E-state index is 12.8. The number of amides is 1. The summed E-state index contributed by atoms with van der Waals surface area (Å²) in [5.74, 6) is 0.219. The fourth-order valence-corrected chi connectivity index (χ4v) is 3.85. The van der Waals surface area contributed by atoms with E-state index in [9.17, 15) is 4.79 Å². The van der Waals surface area contributed by atoms with Crippen molar-refractivity contribution in [1.82, 2.24) is 10.6 Å². The highest BCUT2D eigenvalue weighted by Crippen LogP contribution is 2.30. The molecule has 0 aromatic heterocycles. The van der Waals surface area contributed by atoms with Gasteiger partial charge < -0.3 is 21.1 Å². The number of anilines is 1. The second-order valence-corrected chi connectivity index (χ2v) is 7.28. The first-order valence-corrected chi connectivity index (χ1v) is 9.66. The van der Waals surface area contributed by atoms with Crippen molar-refractivity contribution < 1.29 is 9.53 Å². The minimum Gasteiger partial charge on any atom is -0.496 e. The first kappa shape index (κ1) is 19.5. The molecule has 2 aromatic rings. The number of hydrogen-bond acceptors (Lipinski definition) is 4. The summed E-state index contributed by atoms with van der Waals surface area (Å²) in [4.78, 5) is 12.8. The van der Waals surface area contributed by atoms with Gasteiger partial charge >= 0.3 is 0 Å². The SMILES string of the molecule is CCC(NC(=O)c1cc(Cl)c(N)cc1OC)C1CCC(c2ccccc2)N1. The van der Waals surface area contributed by atoms with Crippen LogP contribution in [-0.4, -0.2) is 25.1 Å². The van der Waals surface area contributed by atoms with E-state index in [1.165, 1.54) is 12.7 Å². The summed E-state index contributed by atoms with van der Waals surface area (Å²) in [6, 6.07) is 14.1. The maximum atomic E-state index is 12.8. The number of nitrogens with two attached hydrogens (primary N) is 1. The largest absolute Gasteiger partial charge is 0.496 e. The summed E-state index contributed by atoms with van der Waals surface area (Å²) in [5, 5.41) is 7.15. The van der Waals surface area contributed by atoms with Gasteiger partial charge in [0.1, 0.15) is 5.75 Å². The van der Waals surface area contributed by atoms with E-state index in [1.807, 2.05) is 6.07 Å². The van der Waals surface area contributed by atoms with Gasteiger partial charge in [0, 0.05) is 24.2 Å². The van der Waals surface area contributed by atoms with Crippen LogP contribution in [-0.2, 0) is 0 Å². The quantitative estimate of drug-likeness (QED) is 0.656. The maximum Gasteiger partial charge on any atom is 0.255 e. The zero-order valence-electron chi connectivity index (χ0n) is 15.7. The Morgan fingerprint density at radius 3 is 2.74 bits per heavy atom. The molecule has 1 aliphatic heterocycles. The molecule has 0 bridgehead atoms. The van der Waals surface area contributed by atoms with E-state index in [-0.39, 0.29) is 18.0 Å². The van der Waals surface area contributed by atoms with E-state index < -0.39 is 0 Å². The lowest BCUT2D eigenvalue weighted by Crippen LogP contribution is -2.47. The van der Waals surface area contributed by atoms with Crippen LogP contribution in [0, 0.1) is 0 Å². The number of halogens is 1. The molecule has 1 fully saturated rings. The molecule has 27 heavy (non-hydrogen) atoms. The van der Waals surface area contributed by atoms with Crippen LogP contribution in [0.1, 0.15) is 48.1 Å². The van der Waals surface area contributed by atoms with Crippen molar-refractivity contribution in [1.29, 1.82) is 0 Å². The summed E-state index contributed by atoms with van der Waals surface area (Å²) in [5.41, 5.74) is 7.88. The van der Waals surface area contributed by atoms with Gasteiger partial charge in [0.05, 0.1) is 23.4 Å². The fourth-order valence-electron chi connectivity index (χ4n) is 3.69. The third-order valence-corrected chi connectivity index (χ3v) is 5.52. The lowest BCUT2D eigenvalue weighted by molar-refractivity contribution is 0.0924. The van der Waals surface area contributed by atoms with Crippen LogP contribution in [0.5, 0.6) is 5.75 Å².